The Balaban J connectivity index is 0.00000176. The minimum Gasteiger partial charge on any atom is -0.355 e. The third-order valence-electron chi connectivity index (χ3n) is 6.24. The molecule has 1 N–H and O–H groups in total. The second-order valence-corrected chi connectivity index (χ2v) is 7.95. The molecule has 5 nitrogen and oxygen atoms in total. The van der Waals surface area contributed by atoms with Gasteiger partial charge < -0.3 is 10.2 Å². The molecule has 4 aliphatic heterocycles. The standard InChI is InChI=1S/C16H31N5.HI/c1-15(2)12-21(16(15,3)4)14(17-5)18-10-13-11-19-6-8-20(13)9-7-19;/h13H,6-12H2,1-5H3,(H,17,18);1H. The number of halogens is 1. The van der Waals surface area contributed by atoms with Crippen LogP contribution in [0.3, 0.4) is 0 Å². The van der Waals surface area contributed by atoms with Gasteiger partial charge in [0.05, 0.1) is 0 Å². The summed E-state index contributed by atoms with van der Waals surface area (Å²) in [7, 11) is 1.90. The molecule has 0 saturated carbocycles. The number of hydrogen-bond donors (Lipinski definition) is 1. The van der Waals surface area contributed by atoms with E-state index in [1.165, 1.54) is 32.7 Å². The van der Waals surface area contributed by atoms with E-state index in [4.69, 9.17) is 0 Å². The van der Waals surface area contributed by atoms with Crippen LogP contribution in [0.25, 0.3) is 0 Å². The van der Waals surface area contributed by atoms with E-state index in [0.717, 1.165) is 19.0 Å². The van der Waals surface area contributed by atoms with Gasteiger partial charge in [-0.3, -0.25) is 14.8 Å². The van der Waals surface area contributed by atoms with Crippen LogP contribution in [0.15, 0.2) is 4.99 Å². The van der Waals surface area contributed by atoms with Crippen molar-refractivity contribution in [3.8, 4) is 0 Å². The van der Waals surface area contributed by atoms with E-state index in [0.29, 0.717) is 11.5 Å². The highest BCUT2D eigenvalue weighted by Crippen LogP contribution is 2.46. The van der Waals surface area contributed by atoms with Crippen molar-refractivity contribution >= 4 is 29.9 Å². The van der Waals surface area contributed by atoms with Crippen LogP contribution >= 0.6 is 24.0 Å². The molecule has 1 unspecified atom stereocenters. The molecule has 128 valence electrons. The third-order valence-corrected chi connectivity index (χ3v) is 6.24. The summed E-state index contributed by atoms with van der Waals surface area (Å²) in [5, 5.41) is 3.63. The number of rotatable bonds is 2. The topological polar surface area (TPSA) is 34.1 Å². The zero-order valence-electron chi connectivity index (χ0n) is 14.7. The number of aliphatic imine (C=N–C) groups is 1. The van der Waals surface area contributed by atoms with Gasteiger partial charge in [0.25, 0.3) is 0 Å². The highest BCUT2D eigenvalue weighted by molar-refractivity contribution is 14.0. The number of likely N-dealkylation sites (tertiary alicyclic amines) is 1. The Labute approximate surface area is 152 Å². The number of fused-ring (bicyclic) bond motifs is 3. The first kappa shape index (κ1) is 18.3. The molecule has 0 aromatic rings. The summed E-state index contributed by atoms with van der Waals surface area (Å²) >= 11 is 0. The van der Waals surface area contributed by atoms with Gasteiger partial charge in [0.15, 0.2) is 5.96 Å². The Morgan fingerprint density at radius 1 is 1.14 bits per heavy atom. The van der Waals surface area contributed by atoms with Gasteiger partial charge in [0.2, 0.25) is 0 Å². The molecule has 0 aliphatic carbocycles. The SMILES string of the molecule is CN=C(NCC1CN2CCN1CC2)N1CC(C)(C)C1(C)C.I. The Morgan fingerprint density at radius 3 is 2.18 bits per heavy atom. The van der Waals surface area contributed by atoms with E-state index in [2.05, 4.69) is 52.7 Å². The molecule has 6 heteroatoms. The first-order valence-electron chi connectivity index (χ1n) is 8.30. The summed E-state index contributed by atoms with van der Waals surface area (Å²) in [5.41, 5.74) is 0.522. The second-order valence-electron chi connectivity index (χ2n) is 7.95. The Hall–Kier alpha value is -0.0800. The smallest absolute Gasteiger partial charge is 0.194 e. The molecule has 0 aromatic heterocycles. The summed E-state index contributed by atoms with van der Waals surface area (Å²) in [5.74, 6) is 1.07. The Kier molecular flexibility index (Phi) is 5.34. The molecule has 4 rings (SSSR count). The number of nitrogens with one attached hydrogen (secondary N) is 1. The lowest BCUT2D eigenvalue weighted by Crippen LogP contribution is -2.73. The van der Waals surface area contributed by atoms with Crippen LogP contribution in [0.2, 0.25) is 0 Å². The average Bonchev–Trinajstić information content (AvgIpc) is 2.48. The molecular weight excluding hydrogens is 389 g/mol. The van der Waals surface area contributed by atoms with E-state index < -0.39 is 0 Å². The predicted molar refractivity (Wildman–Crippen MR) is 103 cm³/mol. The Morgan fingerprint density at radius 2 is 1.77 bits per heavy atom. The maximum atomic E-state index is 4.52. The van der Waals surface area contributed by atoms with Crippen LogP contribution in [0.4, 0.5) is 0 Å². The van der Waals surface area contributed by atoms with Crippen LogP contribution < -0.4 is 5.32 Å². The fourth-order valence-electron chi connectivity index (χ4n) is 3.82. The van der Waals surface area contributed by atoms with E-state index in [-0.39, 0.29) is 29.5 Å². The van der Waals surface area contributed by atoms with Crippen molar-refractivity contribution in [3.05, 3.63) is 0 Å². The van der Waals surface area contributed by atoms with Gasteiger partial charge in [-0.2, -0.15) is 0 Å². The molecular formula is C16H32IN5. The average molecular weight is 421 g/mol. The molecule has 4 aliphatic rings. The fourth-order valence-corrected chi connectivity index (χ4v) is 3.82. The van der Waals surface area contributed by atoms with Crippen LogP contribution in [-0.2, 0) is 0 Å². The van der Waals surface area contributed by atoms with Crippen LogP contribution in [-0.4, -0.2) is 85.1 Å². The number of nitrogens with zero attached hydrogens (tertiary/aromatic N) is 4. The Bertz CT molecular complexity index is 426. The molecule has 0 aromatic carbocycles. The normalized spacial score (nSPS) is 35.6. The summed E-state index contributed by atoms with van der Waals surface area (Å²) in [6.07, 6.45) is 0. The quantitative estimate of drug-likeness (QED) is 0.414. The molecule has 2 bridgehead atoms. The molecule has 4 fully saturated rings. The van der Waals surface area contributed by atoms with Crippen molar-refractivity contribution in [3.63, 3.8) is 0 Å². The van der Waals surface area contributed by atoms with Gasteiger partial charge in [-0.1, -0.05) is 13.8 Å². The summed E-state index contributed by atoms with van der Waals surface area (Å²) in [6, 6.07) is 0.640. The van der Waals surface area contributed by atoms with Gasteiger partial charge in [-0.25, -0.2) is 0 Å². The second kappa shape index (κ2) is 6.43. The number of hydrogen-bond acceptors (Lipinski definition) is 3. The van der Waals surface area contributed by atoms with Crippen LogP contribution in [0, 0.1) is 5.41 Å². The van der Waals surface area contributed by atoms with E-state index in [1.54, 1.807) is 0 Å². The number of piperazine rings is 3. The van der Waals surface area contributed by atoms with Gasteiger partial charge in [0.1, 0.15) is 0 Å². The largest absolute Gasteiger partial charge is 0.355 e. The lowest BCUT2D eigenvalue weighted by Gasteiger charge is -2.62. The van der Waals surface area contributed by atoms with Gasteiger partial charge >= 0.3 is 0 Å². The lowest BCUT2D eigenvalue weighted by atomic mass is 9.65. The maximum absolute atomic E-state index is 4.52. The highest BCUT2D eigenvalue weighted by atomic mass is 127. The van der Waals surface area contributed by atoms with Crippen molar-refractivity contribution < 1.29 is 0 Å². The summed E-state index contributed by atoms with van der Waals surface area (Å²) in [4.78, 5) is 12.2. The maximum Gasteiger partial charge on any atom is 0.194 e. The molecule has 4 saturated heterocycles. The minimum absolute atomic E-state index is 0. The molecule has 1 atom stereocenters. The van der Waals surface area contributed by atoms with Crippen LogP contribution in [0.5, 0.6) is 0 Å². The van der Waals surface area contributed by atoms with Crippen molar-refractivity contribution in [2.75, 3.05) is 52.9 Å². The van der Waals surface area contributed by atoms with E-state index >= 15 is 0 Å². The fraction of sp³-hybridized carbons (Fsp3) is 0.938. The number of guanidine groups is 1. The van der Waals surface area contributed by atoms with Gasteiger partial charge in [-0.15, -0.1) is 24.0 Å². The zero-order chi connectivity index (χ0) is 15.3. The highest BCUT2D eigenvalue weighted by Gasteiger charge is 2.53. The third kappa shape index (κ3) is 2.98. The first-order valence-corrected chi connectivity index (χ1v) is 8.30. The minimum atomic E-state index is 0. The summed E-state index contributed by atoms with van der Waals surface area (Å²) < 4.78 is 0. The van der Waals surface area contributed by atoms with Crippen molar-refractivity contribution in [1.29, 1.82) is 0 Å². The lowest BCUT2D eigenvalue weighted by molar-refractivity contribution is -0.0673. The summed E-state index contributed by atoms with van der Waals surface area (Å²) in [6.45, 7) is 17.6. The van der Waals surface area contributed by atoms with Crippen molar-refractivity contribution in [1.82, 2.24) is 20.0 Å². The van der Waals surface area contributed by atoms with Crippen molar-refractivity contribution in [2.24, 2.45) is 10.4 Å². The van der Waals surface area contributed by atoms with E-state index in [1.807, 2.05) is 7.05 Å². The monoisotopic (exact) mass is 421 g/mol. The van der Waals surface area contributed by atoms with E-state index in [9.17, 15) is 0 Å². The predicted octanol–water partition coefficient (Wildman–Crippen LogP) is 1.30. The molecule has 4 heterocycles. The molecule has 0 amide bonds. The van der Waals surface area contributed by atoms with Crippen molar-refractivity contribution in [2.45, 2.75) is 39.3 Å². The molecule has 0 radical (unpaired) electrons. The zero-order valence-corrected chi connectivity index (χ0v) is 17.1. The first-order chi connectivity index (χ1) is 9.85. The van der Waals surface area contributed by atoms with Gasteiger partial charge in [-0.05, 0) is 13.8 Å². The molecule has 0 spiro atoms. The van der Waals surface area contributed by atoms with Crippen LogP contribution in [0.1, 0.15) is 27.7 Å². The molecule has 22 heavy (non-hydrogen) atoms. The van der Waals surface area contributed by atoms with Gasteiger partial charge in [0, 0.05) is 69.9 Å².